The van der Waals surface area contributed by atoms with E-state index in [2.05, 4.69) is 16.0 Å². The molecule has 12 heteroatoms. The van der Waals surface area contributed by atoms with Gasteiger partial charge in [0.25, 0.3) is 0 Å². The van der Waals surface area contributed by atoms with Gasteiger partial charge in [0.2, 0.25) is 17.7 Å². The van der Waals surface area contributed by atoms with Crippen molar-refractivity contribution in [2.75, 3.05) is 12.0 Å². The van der Waals surface area contributed by atoms with Crippen molar-refractivity contribution in [3.05, 3.63) is 59.7 Å². The minimum absolute atomic E-state index is 0.0377. The van der Waals surface area contributed by atoms with E-state index in [0.29, 0.717) is 16.9 Å². The fourth-order valence-electron chi connectivity index (χ4n) is 3.88. The molecule has 0 aliphatic carbocycles. The normalized spacial score (nSPS) is 14.0. The average Bonchev–Trinajstić information content (AvgIpc) is 2.90. The number of phenolic OH excluding ortho intramolecular Hbond substituents is 2. The maximum absolute atomic E-state index is 13.4. The highest BCUT2D eigenvalue weighted by Gasteiger charge is 2.32. The van der Waals surface area contributed by atoms with Gasteiger partial charge in [0.1, 0.15) is 29.6 Å². The number of aromatic hydroxyl groups is 2. The highest BCUT2D eigenvalue weighted by molar-refractivity contribution is 7.98. The Morgan fingerprint density at radius 1 is 0.775 bits per heavy atom. The van der Waals surface area contributed by atoms with E-state index < -0.39 is 47.9 Å². The van der Waals surface area contributed by atoms with E-state index in [0.717, 1.165) is 0 Å². The molecule has 4 atom stereocenters. The second-order valence-corrected chi connectivity index (χ2v) is 10.8. The van der Waals surface area contributed by atoms with Gasteiger partial charge in [0.15, 0.2) is 0 Å². The van der Waals surface area contributed by atoms with Crippen molar-refractivity contribution in [3.8, 4) is 11.5 Å². The molecule has 0 aromatic heterocycles. The van der Waals surface area contributed by atoms with Crippen LogP contribution in [0, 0.1) is 5.92 Å². The molecule has 2 rings (SSSR count). The molecule has 0 radical (unpaired) electrons. The number of carbonyl (C=O) groups excluding carboxylic acids is 3. The standard InChI is InChI=1S/C28H38N4O7S/c1-16(2)24(27(37)30-22(28(38)39)12-13-40-3)32-26(36)23(15-18-6-10-20(34)11-7-18)31-25(35)21(29)14-17-4-8-19(33)9-5-17/h4-11,16,21-24,33-34H,12-15,29H2,1-3H3,(H,30,37)(H,31,35)(H,32,36)(H,38,39). The number of carbonyl (C=O) groups is 4. The van der Waals surface area contributed by atoms with Gasteiger partial charge in [-0.15, -0.1) is 0 Å². The molecule has 3 amide bonds. The lowest BCUT2D eigenvalue weighted by Gasteiger charge is -2.27. The molecule has 2 aromatic carbocycles. The Morgan fingerprint density at radius 3 is 1.75 bits per heavy atom. The second kappa shape index (κ2) is 15.7. The number of nitrogens with two attached hydrogens (primary N) is 1. The summed E-state index contributed by atoms with van der Waals surface area (Å²) in [6.07, 6.45) is 2.25. The number of thioether (sulfide) groups is 1. The van der Waals surface area contributed by atoms with Crippen LogP contribution in [0.15, 0.2) is 48.5 Å². The number of rotatable bonds is 15. The number of hydrogen-bond acceptors (Lipinski definition) is 8. The Morgan fingerprint density at radius 2 is 1.27 bits per heavy atom. The largest absolute Gasteiger partial charge is 0.508 e. The Labute approximate surface area is 237 Å². The summed E-state index contributed by atoms with van der Waals surface area (Å²) in [5.74, 6) is -2.80. The van der Waals surface area contributed by atoms with Crippen LogP contribution in [0.25, 0.3) is 0 Å². The Kier molecular flexibility index (Phi) is 12.8. The third-order valence-corrected chi connectivity index (χ3v) is 6.85. The minimum atomic E-state index is -1.17. The van der Waals surface area contributed by atoms with E-state index in [1.54, 1.807) is 38.1 Å². The van der Waals surface area contributed by atoms with Crippen LogP contribution in [0.5, 0.6) is 11.5 Å². The van der Waals surface area contributed by atoms with Crippen molar-refractivity contribution < 1.29 is 34.5 Å². The second-order valence-electron chi connectivity index (χ2n) is 9.82. The SMILES string of the molecule is CSCCC(NC(=O)C(NC(=O)C(Cc1ccc(O)cc1)NC(=O)C(N)Cc1ccc(O)cc1)C(C)C)C(=O)O. The van der Waals surface area contributed by atoms with Gasteiger partial charge in [-0.25, -0.2) is 4.79 Å². The fourth-order valence-corrected chi connectivity index (χ4v) is 4.35. The molecule has 0 bridgehead atoms. The summed E-state index contributed by atoms with van der Waals surface area (Å²) < 4.78 is 0. The smallest absolute Gasteiger partial charge is 0.326 e. The third kappa shape index (κ3) is 10.4. The molecule has 218 valence electrons. The zero-order valence-electron chi connectivity index (χ0n) is 22.8. The fraction of sp³-hybridized carbons (Fsp3) is 0.429. The first-order valence-electron chi connectivity index (χ1n) is 12.9. The van der Waals surface area contributed by atoms with Crippen molar-refractivity contribution in [2.45, 2.75) is 57.3 Å². The topological polar surface area (TPSA) is 191 Å². The van der Waals surface area contributed by atoms with Gasteiger partial charge in [-0.05, 0) is 66.2 Å². The predicted octanol–water partition coefficient (Wildman–Crippen LogP) is 1.16. The van der Waals surface area contributed by atoms with Gasteiger partial charge in [-0.1, -0.05) is 38.1 Å². The Balaban J connectivity index is 2.20. The van der Waals surface area contributed by atoms with Crippen LogP contribution >= 0.6 is 11.8 Å². The van der Waals surface area contributed by atoms with Crippen molar-refractivity contribution >= 4 is 35.5 Å². The number of aliphatic carboxylic acids is 1. The number of nitrogens with one attached hydrogen (secondary N) is 3. The molecule has 11 nitrogen and oxygen atoms in total. The first kappa shape index (κ1) is 32.4. The van der Waals surface area contributed by atoms with Gasteiger partial charge in [-0.3, -0.25) is 14.4 Å². The number of amides is 3. The molecule has 0 aliphatic rings. The summed E-state index contributed by atoms with van der Waals surface area (Å²) in [7, 11) is 0. The molecule has 4 unspecified atom stereocenters. The lowest BCUT2D eigenvalue weighted by molar-refractivity contribution is -0.142. The summed E-state index contributed by atoms with van der Waals surface area (Å²) in [5.41, 5.74) is 7.46. The van der Waals surface area contributed by atoms with Crippen molar-refractivity contribution in [1.29, 1.82) is 0 Å². The number of phenols is 2. The maximum Gasteiger partial charge on any atom is 0.326 e. The third-order valence-electron chi connectivity index (χ3n) is 6.21. The minimum Gasteiger partial charge on any atom is -0.508 e. The van der Waals surface area contributed by atoms with E-state index in [9.17, 15) is 34.5 Å². The summed E-state index contributed by atoms with van der Waals surface area (Å²) in [6, 6.07) is 8.06. The highest BCUT2D eigenvalue weighted by atomic mass is 32.2. The van der Waals surface area contributed by atoms with Crippen molar-refractivity contribution in [3.63, 3.8) is 0 Å². The molecular formula is C28H38N4O7S. The molecule has 0 saturated heterocycles. The summed E-state index contributed by atoms with van der Waals surface area (Å²) in [5, 5.41) is 36.4. The van der Waals surface area contributed by atoms with E-state index in [1.165, 1.54) is 36.0 Å². The number of hydrogen-bond donors (Lipinski definition) is 7. The van der Waals surface area contributed by atoms with Crippen LogP contribution in [0.1, 0.15) is 31.4 Å². The summed E-state index contributed by atoms with van der Waals surface area (Å²) in [4.78, 5) is 51.1. The lowest BCUT2D eigenvalue weighted by atomic mass is 9.99. The van der Waals surface area contributed by atoms with E-state index in [1.807, 2.05) is 6.26 Å². The van der Waals surface area contributed by atoms with Crippen LogP contribution in [-0.2, 0) is 32.0 Å². The predicted molar refractivity (Wildman–Crippen MR) is 153 cm³/mol. The van der Waals surface area contributed by atoms with E-state index in [4.69, 9.17) is 5.73 Å². The first-order chi connectivity index (χ1) is 18.9. The van der Waals surface area contributed by atoms with Gasteiger partial charge in [-0.2, -0.15) is 11.8 Å². The molecule has 40 heavy (non-hydrogen) atoms. The number of carboxylic acids is 1. The first-order valence-corrected chi connectivity index (χ1v) is 14.2. The van der Waals surface area contributed by atoms with E-state index >= 15 is 0 Å². The molecule has 2 aromatic rings. The molecular weight excluding hydrogens is 536 g/mol. The van der Waals surface area contributed by atoms with Crippen LogP contribution < -0.4 is 21.7 Å². The van der Waals surface area contributed by atoms with Crippen LogP contribution in [0.3, 0.4) is 0 Å². The molecule has 0 aliphatic heterocycles. The van der Waals surface area contributed by atoms with Crippen molar-refractivity contribution in [1.82, 2.24) is 16.0 Å². The van der Waals surface area contributed by atoms with Gasteiger partial charge in [0.05, 0.1) is 6.04 Å². The molecule has 0 spiro atoms. The summed E-state index contributed by atoms with van der Waals surface area (Å²) >= 11 is 1.45. The average molecular weight is 575 g/mol. The Bertz CT molecular complexity index is 1140. The van der Waals surface area contributed by atoms with Gasteiger partial charge in [0, 0.05) is 6.42 Å². The Hall–Kier alpha value is -3.77. The zero-order chi connectivity index (χ0) is 29.8. The maximum atomic E-state index is 13.4. The van der Waals surface area contributed by atoms with E-state index in [-0.39, 0.29) is 36.7 Å². The van der Waals surface area contributed by atoms with Crippen LogP contribution in [0.2, 0.25) is 0 Å². The molecule has 8 N–H and O–H groups in total. The van der Waals surface area contributed by atoms with Gasteiger partial charge < -0.3 is 37.0 Å². The van der Waals surface area contributed by atoms with Gasteiger partial charge >= 0.3 is 5.97 Å². The zero-order valence-corrected chi connectivity index (χ0v) is 23.6. The quantitative estimate of drug-likeness (QED) is 0.164. The molecule has 0 fully saturated rings. The lowest BCUT2D eigenvalue weighted by Crippen LogP contribution is -2.59. The monoisotopic (exact) mass is 574 g/mol. The number of benzene rings is 2. The van der Waals surface area contributed by atoms with Crippen molar-refractivity contribution in [2.24, 2.45) is 11.7 Å². The van der Waals surface area contributed by atoms with Crippen LogP contribution in [0.4, 0.5) is 0 Å². The summed E-state index contributed by atoms with van der Waals surface area (Å²) in [6.45, 7) is 3.42. The number of carboxylic acid groups (broad SMARTS) is 1. The highest BCUT2D eigenvalue weighted by Crippen LogP contribution is 2.14. The van der Waals surface area contributed by atoms with Crippen LogP contribution in [-0.4, -0.2) is 75.2 Å². The molecule has 0 heterocycles. The molecule has 0 saturated carbocycles.